The van der Waals surface area contributed by atoms with Gasteiger partial charge in [-0.3, -0.25) is 4.79 Å². The summed E-state index contributed by atoms with van der Waals surface area (Å²) < 4.78 is 24.7. The highest BCUT2D eigenvalue weighted by Crippen LogP contribution is 2.13. The van der Waals surface area contributed by atoms with Crippen molar-refractivity contribution in [3.05, 3.63) is 0 Å². The number of hydrogen-bond acceptors (Lipinski definition) is 4. The summed E-state index contributed by atoms with van der Waals surface area (Å²) in [5.41, 5.74) is 5.45. The Kier molecular flexibility index (Phi) is 4.91. The summed E-state index contributed by atoms with van der Waals surface area (Å²) in [7, 11) is -3.16. The summed E-state index contributed by atoms with van der Waals surface area (Å²) in [6.45, 7) is 3.34. The maximum atomic E-state index is 11.8. The van der Waals surface area contributed by atoms with Crippen molar-refractivity contribution in [3.63, 3.8) is 0 Å². The van der Waals surface area contributed by atoms with Crippen LogP contribution in [0.25, 0.3) is 0 Å². The Balaban J connectivity index is 2.43. The van der Waals surface area contributed by atoms with Crippen LogP contribution in [0, 0.1) is 5.92 Å². The number of nitrogens with two attached hydrogens (primary N) is 1. The van der Waals surface area contributed by atoms with E-state index in [0.717, 1.165) is 6.26 Å². The third-order valence-corrected chi connectivity index (χ3v) is 3.72. The van der Waals surface area contributed by atoms with E-state index in [4.69, 9.17) is 5.73 Å². The van der Waals surface area contributed by atoms with Crippen LogP contribution in [-0.2, 0) is 14.8 Å². The molecule has 3 N–H and O–H groups in total. The van der Waals surface area contributed by atoms with E-state index in [1.54, 1.807) is 4.90 Å². The summed E-state index contributed by atoms with van der Waals surface area (Å²) in [5, 5.41) is 0. The van der Waals surface area contributed by atoms with Gasteiger partial charge in [0, 0.05) is 31.6 Å². The van der Waals surface area contributed by atoms with Crippen LogP contribution < -0.4 is 10.5 Å². The van der Waals surface area contributed by atoms with Gasteiger partial charge in [-0.2, -0.15) is 0 Å². The number of nitrogens with one attached hydrogen (secondary N) is 1. The fourth-order valence-corrected chi connectivity index (χ4v) is 2.77. The van der Waals surface area contributed by atoms with Crippen LogP contribution in [0.4, 0.5) is 0 Å². The average Bonchev–Trinajstić information content (AvgIpc) is 2.26. The Bertz CT molecular complexity index is 361. The summed E-state index contributed by atoms with van der Waals surface area (Å²) in [5.74, 6) is -0.0975. The molecular formula is C10H21N3O3S. The molecule has 1 fully saturated rings. The van der Waals surface area contributed by atoms with Crippen LogP contribution >= 0.6 is 0 Å². The van der Waals surface area contributed by atoms with E-state index in [1.807, 2.05) is 6.92 Å². The van der Waals surface area contributed by atoms with E-state index in [-0.39, 0.29) is 17.9 Å². The highest BCUT2D eigenvalue weighted by Gasteiger charge is 2.26. The van der Waals surface area contributed by atoms with Gasteiger partial charge in [-0.05, 0) is 12.8 Å². The Morgan fingerprint density at radius 3 is 2.41 bits per heavy atom. The van der Waals surface area contributed by atoms with Gasteiger partial charge in [0.05, 0.1) is 6.26 Å². The lowest BCUT2D eigenvalue weighted by Crippen LogP contribution is -2.48. The third kappa shape index (κ3) is 4.61. The normalized spacial score (nSPS) is 20.3. The Morgan fingerprint density at radius 2 is 2.00 bits per heavy atom. The monoisotopic (exact) mass is 263 g/mol. The van der Waals surface area contributed by atoms with E-state index >= 15 is 0 Å². The molecule has 1 unspecified atom stereocenters. The van der Waals surface area contributed by atoms with Gasteiger partial charge in [0.2, 0.25) is 15.9 Å². The second-order valence-corrected chi connectivity index (χ2v) is 6.41. The molecule has 0 aromatic rings. The number of sulfonamides is 1. The van der Waals surface area contributed by atoms with Crippen molar-refractivity contribution in [1.29, 1.82) is 0 Å². The number of amides is 1. The molecule has 1 atom stereocenters. The van der Waals surface area contributed by atoms with Crippen molar-refractivity contribution in [2.75, 3.05) is 25.9 Å². The zero-order valence-corrected chi connectivity index (χ0v) is 11.2. The maximum Gasteiger partial charge on any atom is 0.226 e. The van der Waals surface area contributed by atoms with E-state index in [0.29, 0.717) is 32.5 Å². The number of rotatable bonds is 4. The number of piperidine rings is 1. The second-order valence-electron chi connectivity index (χ2n) is 4.63. The molecule has 7 heteroatoms. The smallest absolute Gasteiger partial charge is 0.226 e. The predicted molar refractivity (Wildman–Crippen MR) is 65.8 cm³/mol. The molecule has 6 nitrogen and oxygen atoms in total. The molecule has 1 heterocycles. The summed E-state index contributed by atoms with van der Waals surface area (Å²) in [6.07, 6.45) is 2.48. The standard InChI is InChI=1S/C10H21N3O3S/c1-8(7-11)10(14)13-5-3-9(4-6-13)12-17(2,15)16/h8-9,12H,3-7,11H2,1-2H3. The van der Waals surface area contributed by atoms with Crippen LogP contribution in [0.1, 0.15) is 19.8 Å². The minimum atomic E-state index is -3.16. The fraction of sp³-hybridized carbons (Fsp3) is 0.900. The van der Waals surface area contributed by atoms with Crippen molar-refractivity contribution in [3.8, 4) is 0 Å². The summed E-state index contributed by atoms with van der Waals surface area (Å²) in [6, 6.07) is -0.0535. The van der Waals surface area contributed by atoms with Gasteiger partial charge in [-0.15, -0.1) is 0 Å². The van der Waals surface area contributed by atoms with Crippen LogP contribution in [-0.4, -0.2) is 51.2 Å². The molecule has 0 aromatic carbocycles. The van der Waals surface area contributed by atoms with Crippen molar-refractivity contribution in [2.45, 2.75) is 25.8 Å². The van der Waals surface area contributed by atoms with Gasteiger partial charge < -0.3 is 10.6 Å². The number of likely N-dealkylation sites (tertiary alicyclic amines) is 1. The van der Waals surface area contributed by atoms with E-state index < -0.39 is 10.0 Å². The van der Waals surface area contributed by atoms with Crippen molar-refractivity contribution < 1.29 is 13.2 Å². The molecule has 0 aliphatic carbocycles. The zero-order valence-electron chi connectivity index (χ0n) is 10.3. The summed E-state index contributed by atoms with van der Waals surface area (Å²) in [4.78, 5) is 13.6. The lowest BCUT2D eigenvalue weighted by Gasteiger charge is -2.33. The molecular weight excluding hydrogens is 242 g/mol. The molecule has 0 aromatic heterocycles. The number of hydrogen-bond donors (Lipinski definition) is 2. The molecule has 0 bridgehead atoms. The van der Waals surface area contributed by atoms with Crippen LogP contribution in [0.5, 0.6) is 0 Å². The molecule has 1 saturated heterocycles. The van der Waals surface area contributed by atoms with E-state index in [1.165, 1.54) is 0 Å². The molecule has 0 saturated carbocycles. The van der Waals surface area contributed by atoms with Crippen molar-refractivity contribution in [1.82, 2.24) is 9.62 Å². The molecule has 17 heavy (non-hydrogen) atoms. The van der Waals surface area contributed by atoms with Crippen LogP contribution in [0.15, 0.2) is 0 Å². The highest BCUT2D eigenvalue weighted by molar-refractivity contribution is 7.88. The van der Waals surface area contributed by atoms with Gasteiger partial charge in [0.15, 0.2) is 0 Å². The topological polar surface area (TPSA) is 92.5 Å². The van der Waals surface area contributed by atoms with Gasteiger partial charge in [-0.25, -0.2) is 13.1 Å². The first-order valence-electron chi connectivity index (χ1n) is 5.79. The van der Waals surface area contributed by atoms with Gasteiger partial charge >= 0.3 is 0 Å². The lowest BCUT2D eigenvalue weighted by molar-refractivity contribution is -0.135. The largest absolute Gasteiger partial charge is 0.342 e. The quantitative estimate of drug-likeness (QED) is 0.689. The minimum absolute atomic E-state index is 0.0535. The molecule has 0 spiro atoms. The number of carbonyl (C=O) groups excluding carboxylic acids is 1. The SMILES string of the molecule is CC(CN)C(=O)N1CCC(NS(C)(=O)=O)CC1. The van der Waals surface area contributed by atoms with Crippen LogP contribution in [0.2, 0.25) is 0 Å². The van der Waals surface area contributed by atoms with Gasteiger partial charge in [-0.1, -0.05) is 6.92 Å². The Morgan fingerprint density at radius 1 is 1.47 bits per heavy atom. The number of nitrogens with zero attached hydrogens (tertiary/aromatic N) is 1. The summed E-state index contributed by atoms with van der Waals surface area (Å²) >= 11 is 0. The van der Waals surface area contributed by atoms with Gasteiger partial charge in [0.1, 0.15) is 0 Å². The first kappa shape index (κ1) is 14.4. The maximum absolute atomic E-state index is 11.8. The number of carbonyl (C=O) groups is 1. The molecule has 1 amide bonds. The predicted octanol–water partition coefficient (Wildman–Crippen LogP) is -0.879. The lowest BCUT2D eigenvalue weighted by atomic mass is 10.0. The molecule has 0 radical (unpaired) electrons. The third-order valence-electron chi connectivity index (χ3n) is 2.96. The van der Waals surface area contributed by atoms with Crippen molar-refractivity contribution >= 4 is 15.9 Å². The first-order valence-corrected chi connectivity index (χ1v) is 7.68. The molecule has 100 valence electrons. The second kappa shape index (κ2) is 5.79. The Labute approximate surface area is 103 Å². The zero-order chi connectivity index (χ0) is 13.1. The first-order chi connectivity index (χ1) is 7.83. The molecule has 1 rings (SSSR count). The van der Waals surface area contributed by atoms with Crippen LogP contribution in [0.3, 0.4) is 0 Å². The van der Waals surface area contributed by atoms with E-state index in [9.17, 15) is 13.2 Å². The minimum Gasteiger partial charge on any atom is -0.342 e. The molecule has 1 aliphatic heterocycles. The van der Waals surface area contributed by atoms with Gasteiger partial charge in [0.25, 0.3) is 0 Å². The van der Waals surface area contributed by atoms with E-state index in [2.05, 4.69) is 4.72 Å². The highest BCUT2D eigenvalue weighted by atomic mass is 32.2. The molecule has 1 aliphatic rings. The Hall–Kier alpha value is -0.660. The average molecular weight is 263 g/mol. The van der Waals surface area contributed by atoms with Crippen molar-refractivity contribution in [2.24, 2.45) is 11.7 Å². The fourth-order valence-electron chi connectivity index (χ4n) is 1.93.